The number of hydrogen-bond acceptors (Lipinski definition) is 6. The second-order valence-corrected chi connectivity index (χ2v) is 7.38. The third kappa shape index (κ3) is 3.49. The smallest absolute Gasteiger partial charge is 0.267 e. The number of fused-ring (bicyclic) bond motifs is 2. The van der Waals surface area contributed by atoms with Crippen molar-refractivity contribution in [2.75, 3.05) is 39.4 Å². The van der Waals surface area contributed by atoms with Crippen molar-refractivity contribution in [1.82, 2.24) is 9.80 Å². The molecule has 0 spiro atoms. The van der Waals surface area contributed by atoms with Crippen molar-refractivity contribution in [3.63, 3.8) is 0 Å². The Balaban J connectivity index is 1.16. The predicted molar refractivity (Wildman–Crippen MR) is 106 cm³/mol. The van der Waals surface area contributed by atoms with Gasteiger partial charge in [-0.3, -0.25) is 9.59 Å². The highest BCUT2D eigenvalue weighted by Gasteiger charge is 2.36. The summed E-state index contributed by atoms with van der Waals surface area (Å²) >= 11 is 0. The maximum Gasteiger partial charge on any atom is 0.267 e. The molecule has 1 fully saturated rings. The van der Waals surface area contributed by atoms with E-state index in [1.165, 1.54) is 0 Å². The molecule has 1 saturated heterocycles. The molecule has 0 bridgehead atoms. The topological polar surface area (TPSA) is 77.5 Å². The summed E-state index contributed by atoms with van der Waals surface area (Å²) in [5, 5.41) is 0. The minimum atomic E-state index is -0.672. The minimum absolute atomic E-state index is 0.122. The number of carbonyl (C=O) groups excluding carboxylic acids is 2. The van der Waals surface area contributed by atoms with Gasteiger partial charge < -0.3 is 28.7 Å². The summed E-state index contributed by atoms with van der Waals surface area (Å²) in [5.41, 5.74) is 0. The van der Waals surface area contributed by atoms with Crippen LogP contribution in [0.2, 0.25) is 0 Å². The number of piperazine rings is 1. The molecule has 8 nitrogen and oxygen atoms in total. The van der Waals surface area contributed by atoms with E-state index in [9.17, 15) is 9.59 Å². The lowest BCUT2D eigenvalue weighted by atomic mass is 10.2. The van der Waals surface area contributed by atoms with Gasteiger partial charge in [0.2, 0.25) is 12.2 Å². The summed E-state index contributed by atoms with van der Waals surface area (Å²) in [6.07, 6.45) is -1.34. The van der Waals surface area contributed by atoms with E-state index in [-0.39, 0.29) is 25.0 Å². The van der Waals surface area contributed by atoms with Gasteiger partial charge in [0.1, 0.15) is 13.2 Å². The molecule has 2 amide bonds. The van der Waals surface area contributed by atoms with Gasteiger partial charge >= 0.3 is 0 Å². The van der Waals surface area contributed by atoms with Gasteiger partial charge in [-0.05, 0) is 24.3 Å². The Kier molecular flexibility index (Phi) is 4.82. The van der Waals surface area contributed by atoms with Gasteiger partial charge in [-0.25, -0.2) is 0 Å². The van der Waals surface area contributed by atoms with E-state index in [4.69, 9.17) is 18.9 Å². The van der Waals surface area contributed by atoms with Crippen molar-refractivity contribution in [3.8, 4) is 23.0 Å². The van der Waals surface area contributed by atoms with Crippen molar-refractivity contribution in [1.29, 1.82) is 0 Å². The van der Waals surface area contributed by atoms with E-state index in [1.54, 1.807) is 21.9 Å². The molecule has 0 aromatic heterocycles. The lowest BCUT2D eigenvalue weighted by Crippen LogP contribution is -2.57. The Morgan fingerprint density at radius 2 is 1.00 bits per heavy atom. The van der Waals surface area contributed by atoms with Crippen LogP contribution >= 0.6 is 0 Å². The van der Waals surface area contributed by atoms with Gasteiger partial charge in [-0.2, -0.15) is 0 Å². The number of amides is 2. The van der Waals surface area contributed by atoms with Crippen LogP contribution in [0, 0.1) is 0 Å². The summed E-state index contributed by atoms with van der Waals surface area (Å²) in [6.45, 7) is 2.13. The first-order chi connectivity index (χ1) is 14.7. The first kappa shape index (κ1) is 18.6. The zero-order valence-corrected chi connectivity index (χ0v) is 16.4. The normalized spacial score (nSPS) is 22.4. The van der Waals surface area contributed by atoms with Gasteiger partial charge in [0.25, 0.3) is 11.8 Å². The molecular weight excluding hydrogens is 388 g/mol. The van der Waals surface area contributed by atoms with Crippen molar-refractivity contribution < 1.29 is 28.5 Å². The van der Waals surface area contributed by atoms with Crippen LogP contribution in [0.25, 0.3) is 0 Å². The number of benzene rings is 2. The van der Waals surface area contributed by atoms with E-state index >= 15 is 0 Å². The molecule has 3 aliphatic heterocycles. The first-order valence-corrected chi connectivity index (χ1v) is 10.0. The highest BCUT2D eigenvalue weighted by Crippen LogP contribution is 2.32. The van der Waals surface area contributed by atoms with E-state index in [2.05, 4.69) is 0 Å². The van der Waals surface area contributed by atoms with Crippen LogP contribution in [-0.4, -0.2) is 73.2 Å². The Morgan fingerprint density at radius 1 is 0.633 bits per heavy atom. The maximum atomic E-state index is 12.9. The fourth-order valence-electron chi connectivity index (χ4n) is 3.84. The van der Waals surface area contributed by atoms with E-state index in [0.717, 1.165) is 0 Å². The van der Waals surface area contributed by atoms with Crippen molar-refractivity contribution >= 4 is 11.8 Å². The second-order valence-electron chi connectivity index (χ2n) is 7.38. The number of hydrogen-bond donors (Lipinski definition) is 0. The monoisotopic (exact) mass is 410 g/mol. The van der Waals surface area contributed by atoms with Crippen LogP contribution in [0.15, 0.2) is 48.5 Å². The zero-order valence-electron chi connectivity index (χ0n) is 16.4. The molecule has 8 heteroatoms. The molecule has 30 heavy (non-hydrogen) atoms. The largest absolute Gasteiger partial charge is 0.485 e. The first-order valence-electron chi connectivity index (χ1n) is 10.0. The van der Waals surface area contributed by atoms with E-state index in [0.29, 0.717) is 49.2 Å². The molecule has 3 heterocycles. The van der Waals surface area contributed by atoms with Crippen LogP contribution in [0.1, 0.15) is 0 Å². The number of rotatable bonds is 2. The van der Waals surface area contributed by atoms with Gasteiger partial charge in [0, 0.05) is 26.2 Å². The average Bonchev–Trinajstić information content (AvgIpc) is 2.82. The van der Waals surface area contributed by atoms with Crippen LogP contribution in [0.3, 0.4) is 0 Å². The summed E-state index contributed by atoms with van der Waals surface area (Å²) in [6, 6.07) is 14.6. The highest BCUT2D eigenvalue weighted by molar-refractivity contribution is 5.84. The summed E-state index contributed by atoms with van der Waals surface area (Å²) < 4.78 is 22.9. The Morgan fingerprint density at radius 3 is 1.40 bits per heavy atom. The van der Waals surface area contributed by atoms with Gasteiger partial charge in [0.15, 0.2) is 23.0 Å². The standard InChI is InChI=1S/C22H22N2O6/c25-21(19-13-27-15-5-1-3-7-17(15)29-19)23-9-11-24(12-10-23)22(26)20-14-28-16-6-2-4-8-18(16)30-20/h1-8,19-20H,9-14H2. The van der Waals surface area contributed by atoms with E-state index in [1.807, 2.05) is 36.4 Å². The minimum Gasteiger partial charge on any atom is -0.485 e. The lowest BCUT2D eigenvalue weighted by molar-refractivity contribution is -0.149. The SMILES string of the molecule is O=C(C1COc2ccccc2O1)N1CCN(C(=O)C2COc3ccccc3O2)CC1. The Labute approximate surface area is 173 Å². The van der Waals surface area contributed by atoms with Crippen molar-refractivity contribution in [2.24, 2.45) is 0 Å². The second kappa shape index (κ2) is 7.78. The van der Waals surface area contributed by atoms with Crippen molar-refractivity contribution in [2.45, 2.75) is 12.2 Å². The fraction of sp³-hybridized carbons (Fsp3) is 0.364. The molecular formula is C22H22N2O6. The van der Waals surface area contributed by atoms with Gasteiger partial charge in [-0.15, -0.1) is 0 Å². The van der Waals surface area contributed by atoms with Gasteiger partial charge in [0.05, 0.1) is 0 Å². The van der Waals surface area contributed by atoms with Crippen LogP contribution in [-0.2, 0) is 9.59 Å². The highest BCUT2D eigenvalue weighted by atomic mass is 16.6. The lowest BCUT2D eigenvalue weighted by Gasteiger charge is -2.38. The predicted octanol–water partition coefficient (Wildman–Crippen LogP) is 1.34. The van der Waals surface area contributed by atoms with Gasteiger partial charge in [-0.1, -0.05) is 24.3 Å². The maximum absolute atomic E-state index is 12.9. The summed E-state index contributed by atoms with van der Waals surface area (Å²) in [7, 11) is 0. The Hall–Kier alpha value is -3.42. The summed E-state index contributed by atoms with van der Waals surface area (Å²) in [4.78, 5) is 29.1. The third-order valence-electron chi connectivity index (χ3n) is 5.47. The van der Waals surface area contributed by atoms with Crippen LogP contribution in [0.5, 0.6) is 23.0 Å². The van der Waals surface area contributed by atoms with Crippen LogP contribution in [0.4, 0.5) is 0 Å². The number of nitrogens with zero attached hydrogens (tertiary/aromatic N) is 2. The van der Waals surface area contributed by atoms with E-state index < -0.39 is 12.2 Å². The zero-order chi connectivity index (χ0) is 20.5. The molecule has 5 rings (SSSR count). The number of ether oxygens (including phenoxy) is 4. The molecule has 2 unspecified atom stereocenters. The number of para-hydroxylation sites is 4. The van der Waals surface area contributed by atoms with Crippen LogP contribution < -0.4 is 18.9 Å². The average molecular weight is 410 g/mol. The molecule has 2 aromatic carbocycles. The molecule has 2 aromatic rings. The number of carbonyl (C=O) groups is 2. The molecule has 0 aliphatic carbocycles. The molecule has 156 valence electrons. The fourth-order valence-corrected chi connectivity index (χ4v) is 3.84. The molecule has 0 saturated carbocycles. The Bertz CT molecular complexity index is 879. The molecule has 0 N–H and O–H groups in total. The third-order valence-corrected chi connectivity index (χ3v) is 5.47. The van der Waals surface area contributed by atoms with Crippen molar-refractivity contribution in [3.05, 3.63) is 48.5 Å². The molecule has 2 atom stereocenters. The quantitative estimate of drug-likeness (QED) is 0.744. The summed E-state index contributed by atoms with van der Waals surface area (Å²) in [5.74, 6) is 2.20. The molecule has 0 radical (unpaired) electrons. The molecule has 3 aliphatic rings.